The molecule has 1 aromatic rings. The maximum atomic E-state index is 6.29. The van der Waals surface area contributed by atoms with Gasteiger partial charge in [0.05, 0.1) is 5.00 Å². The van der Waals surface area contributed by atoms with Gasteiger partial charge in [0.15, 0.2) is 0 Å². The molecule has 1 saturated carbocycles. The van der Waals surface area contributed by atoms with E-state index >= 15 is 0 Å². The van der Waals surface area contributed by atoms with Crippen LogP contribution in [0.5, 0.6) is 0 Å². The Hall–Kier alpha value is -0.540. The van der Waals surface area contributed by atoms with E-state index in [0.29, 0.717) is 6.04 Å². The van der Waals surface area contributed by atoms with Crippen molar-refractivity contribution in [3.05, 3.63) is 16.0 Å². The summed E-state index contributed by atoms with van der Waals surface area (Å²) in [5.74, 6) is 0.760. The predicted octanol–water partition coefficient (Wildman–Crippen LogP) is 3.54. The molecule has 3 rings (SSSR count). The average molecular weight is 250 g/mol. The van der Waals surface area contributed by atoms with E-state index in [1.54, 1.807) is 16.0 Å². The number of rotatable bonds is 2. The van der Waals surface area contributed by atoms with Crippen LogP contribution in [0.4, 0.5) is 5.00 Å². The Kier molecular flexibility index (Phi) is 2.91. The van der Waals surface area contributed by atoms with E-state index < -0.39 is 0 Å². The Morgan fingerprint density at radius 2 is 1.82 bits per heavy atom. The third kappa shape index (κ3) is 1.80. The van der Waals surface area contributed by atoms with Crippen molar-refractivity contribution < 1.29 is 0 Å². The summed E-state index contributed by atoms with van der Waals surface area (Å²) in [5, 5.41) is 1.12. The number of nitrogens with zero attached hydrogens (tertiary/aromatic N) is 1. The van der Waals surface area contributed by atoms with Gasteiger partial charge in [0.1, 0.15) is 0 Å². The van der Waals surface area contributed by atoms with Crippen molar-refractivity contribution in [3.63, 3.8) is 0 Å². The molecular weight excluding hydrogens is 228 g/mol. The Balaban J connectivity index is 2.03. The number of hydrogen-bond donors (Lipinski definition) is 1. The molecule has 0 bridgehead atoms. The number of nitrogens with two attached hydrogens (primary N) is 1. The monoisotopic (exact) mass is 250 g/mol. The number of fused-ring (bicyclic) bond motifs is 1. The minimum Gasteiger partial charge on any atom is -0.390 e. The Labute approximate surface area is 108 Å². The summed E-state index contributed by atoms with van der Waals surface area (Å²) in [6.07, 6.45) is 8.01. The zero-order valence-corrected chi connectivity index (χ0v) is 11.6. The number of aryl methyl sites for hydroxylation is 1. The van der Waals surface area contributed by atoms with Crippen molar-refractivity contribution in [2.45, 2.75) is 50.5 Å². The second kappa shape index (κ2) is 4.29. The molecule has 1 aromatic heterocycles. The Bertz CT molecular complexity index is 416. The number of nitrogen functional groups attached to an aromatic ring is 1. The summed E-state index contributed by atoms with van der Waals surface area (Å²) in [5.41, 5.74) is 9.45. The third-order valence-corrected chi connectivity index (χ3v) is 5.56. The largest absolute Gasteiger partial charge is 0.390 e. The molecule has 1 fully saturated rings. The van der Waals surface area contributed by atoms with Gasteiger partial charge in [0.2, 0.25) is 0 Å². The predicted molar refractivity (Wildman–Crippen MR) is 74.7 cm³/mol. The molecule has 0 saturated heterocycles. The SMILES string of the molecule is CN(C)C1CCc2sc(N)c(C3CCCC3)c21. The number of anilines is 1. The molecule has 2 aliphatic carbocycles. The Morgan fingerprint density at radius 1 is 1.12 bits per heavy atom. The zero-order chi connectivity index (χ0) is 12.0. The van der Waals surface area contributed by atoms with E-state index in [1.165, 1.54) is 38.5 Å². The molecule has 2 N–H and O–H groups in total. The van der Waals surface area contributed by atoms with E-state index in [2.05, 4.69) is 19.0 Å². The van der Waals surface area contributed by atoms with Gasteiger partial charge in [-0.3, -0.25) is 0 Å². The normalized spacial score (nSPS) is 24.8. The van der Waals surface area contributed by atoms with E-state index in [4.69, 9.17) is 5.73 Å². The third-order valence-electron chi connectivity index (χ3n) is 4.45. The van der Waals surface area contributed by atoms with E-state index in [1.807, 2.05) is 11.3 Å². The summed E-state index contributed by atoms with van der Waals surface area (Å²) in [6.45, 7) is 0. The standard InChI is InChI=1S/C14H22N2S/c1-16(2)10-7-8-11-13(10)12(14(15)17-11)9-5-3-4-6-9/h9-10H,3-8,15H2,1-2H3. The van der Waals surface area contributed by atoms with E-state index in [-0.39, 0.29) is 0 Å². The molecule has 2 nitrogen and oxygen atoms in total. The number of thiophene rings is 1. The van der Waals surface area contributed by atoms with Gasteiger partial charge in [0, 0.05) is 10.9 Å². The molecule has 94 valence electrons. The summed E-state index contributed by atoms with van der Waals surface area (Å²) in [6, 6.07) is 0.620. The molecule has 2 aliphatic rings. The van der Waals surface area contributed by atoms with Gasteiger partial charge < -0.3 is 10.6 Å². The maximum absolute atomic E-state index is 6.29. The lowest BCUT2D eigenvalue weighted by atomic mass is 9.93. The van der Waals surface area contributed by atoms with E-state index in [9.17, 15) is 0 Å². The summed E-state index contributed by atoms with van der Waals surface area (Å²) >= 11 is 1.86. The summed E-state index contributed by atoms with van der Waals surface area (Å²) < 4.78 is 0. The average Bonchev–Trinajstić information content (AvgIpc) is 2.91. The topological polar surface area (TPSA) is 29.3 Å². The zero-order valence-electron chi connectivity index (χ0n) is 10.8. The second-order valence-electron chi connectivity index (χ2n) is 5.72. The lowest BCUT2D eigenvalue weighted by Gasteiger charge is -2.23. The van der Waals surface area contributed by atoms with Gasteiger partial charge in [-0.2, -0.15) is 0 Å². The van der Waals surface area contributed by atoms with Crippen molar-refractivity contribution in [3.8, 4) is 0 Å². The first-order valence-electron chi connectivity index (χ1n) is 6.76. The van der Waals surface area contributed by atoms with Gasteiger partial charge in [-0.25, -0.2) is 0 Å². The summed E-state index contributed by atoms with van der Waals surface area (Å²) in [4.78, 5) is 3.94. The molecule has 1 atom stereocenters. The fraction of sp³-hybridized carbons (Fsp3) is 0.714. The van der Waals surface area contributed by atoms with Crippen LogP contribution in [0.2, 0.25) is 0 Å². The number of hydrogen-bond acceptors (Lipinski definition) is 3. The van der Waals surface area contributed by atoms with Crippen LogP contribution in [0.3, 0.4) is 0 Å². The smallest absolute Gasteiger partial charge is 0.0898 e. The summed E-state index contributed by atoms with van der Waals surface area (Å²) in [7, 11) is 4.40. The Morgan fingerprint density at radius 3 is 2.47 bits per heavy atom. The second-order valence-corrected chi connectivity index (χ2v) is 6.85. The molecule has 0 amide bonds. The van der Waals surface area contributed by atoms with Crippen LogP contribution < -0.4 is 5.73 Å². The first kappa shape index (κ1) is 11.5. The van der Waals surface area contributed by atoms with Gasteiger partial charge >= 0.3 is 0 Å². The minimum absolute atomic E-state index is 0.620. The van der Waals surface area contributed by atoms with Gasteiger partial charge in [0.25, 0.3) is 0 Å². The van der Waals surface area contributed by atoms with Gasteiger partial charge in [-0.1, -0.05) is 12.8 Å². The minimum atomic E-state index is 0.620. The first-order chi connectivity index (χ1) is 8.18. The van der Waals surface area contributed by atoms with Crippen LogP contribution in [0.1, 0.15) is 60.1 Å². The molecule has 0 aliphatic heterocycles. The van der Waals surface area contributed by atoms with Crippen LogP contribution >= 0.6 is 11.3 Å². The first-order valence-corrected chi connectivity index (χ1v) is 7.57. The molecule has 1 unspecified atom stereocenters. The van der Waals surface area contributed by atoms with Crippen LogP contribution in [0.25, 0.3) is 0 Å². The molecule has 1 heterocycles. The van der Waals surface area contributed by atoms with Crippen LogP contribution in [0, 0.1) is 0 Å². The lowest BCUT2D eigenvalue weighted by Crippen LogP contribution is -2.18. The van der Waals surface area contributed by atoms with Crippen LogP contribution in [-0.2, 0) is 6.42 Å². The molecule has 0 aromatic carbocycles. The highest BCUT2D eigenvalue weighted by atomic mass is 32.1. The van der Waals surface area contributed by atoms with Crippen LogP contribution in [-0.4, -0.2) is 19.0 Å². The highest BCUT2D eigenvalue weighted by molar-refractivity contribution is 7.16. The maximum Gasteiger partial charge on any atom is 0.0898 e. The molecular formula is C14H22N2S. The van der Waals surface area contributed by atoms with E-state index in [0.717, 1.165) is 10.9 Å². The van der Waals surface area contributed by atoms with Gasteiger partial charge in [-0.15, -0.1) is 11.3 Å². The van der Waals surface area contributed by atoms with Crippen molar-refractivity contribution in [1.29, 1.82) is 0 Å². The molecule has 17 heavy (non-hydrogen) atoms. The lowest BCUT2D eigenvalue weighted by molar-refractivity contribution is 0.297. The molecule has 0 spiro atoms. The van der Waals surface area contributed by atoms with Gasteiger partial charge in [-0.05, 0) is 56.8 Å². The molecule has 0 radical (unpaired) electrons. The van der Waals surface area contributed by atoms with Crippen molar-refractivity contribution in [2.24, 2.45) is 0 Å². The fourth-order valence-electron chi connectivity index (χ4n) is 3.64. The van der Waals surface area contributed by atoms with Crippen molar-refractivity contribution in [2.75, 3.05) is 19.8 Å². The highest BCUT2D eigenvalue weighted by Crippen LogP contribution is 2.50. The quantitative estimate of drug-likeness (QED) is 0.870. The van der Waals surface area contributed by atoms with Crippen molar-refractivity contribution in [1.82, 2.24) is 4.90 Å². The fourth-order valence-corrected chi connectivity index (χ4v) is 4.87. The van der Waals surface area contributed by atoms with Crippen LogP contribution in [0.15, 0.2) is 0 Å². The van der Waals surface area contributed by atoms with Crippen molar-refractivity contribution >= 4 is 16.3 Å². The highest BCUT2D eigenvalue weighted by Gasteiger charge is 2.34. The molecule has 3 heteroatoms.